The van der Waals surface area contributed by atoms with E-state index in [0.29, 0.717) is 6.07 Å². The normalized spacial score (nSPS) is 11.0. The quantitative estimate of drug-likeness (QED) is 0.712. The Hall–Kier alpha value is -2.02. The van der Waals surface area contributed by atoms with Crippen LogP contribution in [0.5, 0.6) is 0 Å². The van der Waals surface area contributed by atoms with Gasteiger partial charge >= 0.3 is 11.8 Å². The molecule has 2 amide bonds. The summed E-state index contributed by atoms with van der Waals surface area (Å²) in [5.74, 6) is -3.90. The van der Waals surface area contributed by atoms with E-state index in [4.69, 9.17) is 5.11 Å². The molecule has 1 aromatic rings. The van der Waals surface area contributed by atoms with Crippen molar-refractivity contribution in [1.29, 1.82) is 0 Å². The smallest absolute Gasteiger partial charge is 0.313 e. The van der Waals surface area contributed by atoms with Crippen LogP contribution in [0, 0.1) is 11.6 Å². The molecule has 19 heavy (non-hydrogen) atoms. The highest BCUT2D eigenvalue weighted by molar-refractivity contribution is 6.39. The number of nitrogens with one attached hydrogen (secondary N) is 2. The van der Waals surface area contributed by atoms with Crippen molar-refractivity contribution >= 4 is 17.5 Å². The Morgan fingerprint density at radius 1 is 1.26 bits per heavy atom. The number of anilines is 1. The molecular weight excluding hydrogens is 258 g/mol. The lowest BCUT2D eigenvalue weighted by Crippen LogP contribution is -2.50. The minimum Gasteiger partial charge on any atom is -0.394 e. The fourth-order valence-electron chi connectivity index (χ4n) is 1.17. The molecule has 1 aromatic carbocycles. The number of halogens is 2. The van der Waals surface area contributed by atoms with E-state index >= 15 is 0 Å². The molecule has 0 bridgehead atoms. The molecule has 0 aromatic heterocycles. The standard InChI is InChI=1S/C12H14F2N2O3/c1-12(2,6-17)16-11(19)10(18)15-9-4-3-7(13)5-8(9)14/h3-5,17H,6H2,1-2H3,(H,15,18)(H,16,19). The van der Waals surface area contributed by atoms with Crippen molar-refractivity contribution in [3.05, 3.63) is 29.8 Å². The summed E-state index contributed by atoms with van der Waals surface area (Å²) in [6.07, 6.45) is 0. The minimum absolute atomic E-state index is 0.302. The molecule has 0 heterocycles. The van der Waals surface area contributed by atoms with Crippen molar-refractivity contribution in [2.75, 3.05) is 11.9 Å². The van der Waals surface area contributed by atoms with Gasteiger partial charge in [0, 0.05) is 6.07 Å². The Morgan fingerprint density at radius 2 is 1.89 bits per heavy atom. The van der Waals surface area contributed by atoms with Gasteiger partial charge in [-0.05, 0) is 26.0 Å². The van der Waals surface area contributed by atoms with Crippen molar-refractivity contribution in [2.45, 2.75) is 19.4 Å². The molecule has 104 valence electrons. The van der Waals surface area contributed by atoms with Crippen LogP contribution in [-0.4, -0.2) is 29.1 Å². The van der Waals surface area contributed by atoms with E-state index in [1.54, 1.807) is 0 Å². The van der Waals surface area contributed by atoms with Crippen molar-refractivity contribution in [3.8, 4) is 0 Å². The molecular formula is C12H14F2N2O3. The second-order valence-electron chi connectivity index (χ2n) is 4.57. The summed E-state index contributed by atoms with van der Waals surface area (Å²) >= 11 is 0. The largest absolute Gasteiger partial charge is 0.394 e. The Balaban J connectivity index is 2.72. The second kappa shape index (κ2) is 5.75. The first-order chi connectivity index (χ1) is 8.75. The van der Waals surface area contributed by atoms with E-state index in [9.17, 15) is 18.4 Å². The number of aliphatic hydroxyl groups is 1. The van der Waals surface area contributed by atoms with E-state index < -0.39 is 29.0 Å². The third kappa shape index (κ3) is 4.29. The number of hydrogen-bond donors (Lipinski definition) is 3. The Bertz CT molecular complexity index is 504. The van der Waals surface area contributed by atoms with Gasteiger partial charge in [0.2, 0.25) is 0 Å². The van der Waals surface area contributed by atoms with E-state index in [2.05, 4.69) is 5.32 Å². The predicted molar refractivity (Wildman–Crippen MR) is 64.3 cm³/mol. The molecule has 0 aliphatic rings. The molecule has 0 spiro atoms. The van der Waals surface area contributed by atoms with Gasteiger partial charge in [-0.25, -0.2) is 8.78 Å². The summed E-state index contributed by atoms with van der Waals surface area (Å²) in [5, 5.41) is 13.2. The van der Waals surface area contributed by atoms with E-state index in [-0.39, 0.29) is 12.3 Å². The van der Waals surface area contributed by atoms with Crippen LogP contribution in [0.25, 0.3) is 0 Å². The van der Waals surface area contributed by atoms with Crippen molar-refractivity contribution < 1.29 is 23.5 Å². The number of carbonyl (C=O) groups excluding carboxylic acids is 2. The van der Waals surface area contributed by atoms with Crippen LogP contribution in [0.4, 0.5) is 14.5 Å². The van der Waals surface area contributed by atoms with Gasteiger partial charge in [0.05, 0.1) is 17.8 Å². The number of rotatable bonds is 3. The van der Waals surface area contributed by atoms with E-state index in [1.165, 1.54) is 13.8 Å². The maximum Gasteiger partial charge on any atom is 0.313 e. The molecule has 5 nitrogen and oxygen atoms in total. The van der Waals surface area contributed by atoms with Gasteiger partial charge in [0.15, 0.2) is 0 Å². The highest BCUT2D eigenvalue weighted by Gasteiger charge is 2.24. The fourth-order valence-corrected chi connectivity index (χ4v) is 1.17. The number of hydrogen-bond acceptors (Lipinski definition) is 3. The fraction of sp³-hybridized carbons (Fsp3) is 0.333. The van der Waals surface area contributed by atoms with Crippen molar-refractivity contribution in [1.82, 2.24) is 5.32 Å². The van der Waals surface area contributed by atoms with Crippen LogP contribution in [0.3, 0.4) is 0 Å². The van der Waals surface area contributed by atoms with Gasteiger partial charge in [-0.1, -0.05) is 0 Å². The van der Waals surface area contributed by atoms with Gasteiger partial charge in [-0.15, -0.1) is 0 Å². The lowest BCUT2D eigenvalue weighted by Gasteiger charge is -2.22. The zero-order chi connectivity index (χ0) is 14.6. The van der Waals surface area contributed by atoms with Crippen LogP contribution >= 0.6 is 0 Å². The average molecular weight is 272 g/mol. The van der Waals surface area contributed by atoms with Crippen molar-refractivity contribution in [3.63, 3.8) is 0 Å². The molecule has 0 unspecified atom stereocenters. The summed E-state index contributed by atoms with van der Waals surface area (Å²) in [6, 6.07) is 2.55. The molecule has 7 heteroatoms. The molecule has 0 fully saturated rings. The lowest BCUT2D eigenvalue weighted by atomic mass is 10.1. The van der Waals surface area contributed by atoms with Crippen LogP contribution < -0.4 is 10.6 Å². The lowest BCUT2D eigenvalue weighted by molar-refractivity contribution is -0.137. The van der Waals surface area contributed by atoms with Gasteiger partial charge in [0.25, 0.3) is 0 Å². The maximum atomic E-state index is 13.3. The first kappa shape index (κ1) is 15.0. The molecule has 0 aliphatic heterocycles. The van der Waals surface area contributed by atoms with Crippen LogP contribution in [0.1, 0.15) is 13.8 Å². The van der Waals surface area contributed by atoms with Crippen molar-refractivity contribution in [2.24, 2.45) is 0 Å². The second-order valence-corrected chi connectivity index (χ2v) is 4.57. The molecule has 1 rings (SSSR count). The molecule has 3 N–H and O–H groups in total. The molecule has 0 saturated carbocycles. The van der Waals surface area contributed by atoms with Gasteiger partial charge < -0.3 is 15.7 Å². The zero-order valence-electron chi connectivity index (χ0n) is 10.5. The monoisotopic (exact) mass is 272 g/mol. The molecule has 0 radical (unpaired) electrons. The summed E-state index contributed by atoms with van der Waals surface area (Å²) in [5.41, 5.74) is -1.28. The molecule has 0 saturated heterocycles. The maximum absolute atomic E-state index is 13.3. The third-order valence-corrected chi connectivity index (χ3v) is 2.23. The van der Waals surface area contributed by atoms with E-state index in [0.717, 1.165) is 12.1 Å². The van der Waals surface area contributed by atoms with Crippen LogP contribution in [0.15, 0.2) is 18.2 Å². The summed E-state index contributed by atoms with van der Waals surface area (Å²) in [4.78, 5) is 22.9. The first-order valence-electron chi connectivity index (χ1n) is 5.44. The average Bonchev–Trinajstić information content (AvgIpc) is 2.32. The van der Waals surface area contributed by atoms with Gasteiger partial charge in [0.1, 0.15) is 11.6 Å². The topological polar surface area (TPSA) is 78.4 Å². The summed E-state index contributed by atoms with van der Waals surface area (Å²) < 4.78 is 25.9. The number of amides is 2. The van der Waals surface area contributed by atoms with Gasteiger partial charge in [-0.2, -0.15) is 0 Å². The molecule has 0 aliphatic carbocycles. The number of carbonyl (C=O) groups is 2. The predicted octanol–water partition coefficient (Wildman–Crippen LogP) is 0.790. The highest BCUT2D eigenvalue weighted by Crippen LogP contribution is 2.14. The number of benzene rings is 1. The van der Waals surface area contributed by atoms with Gasteiger partial charge in [-0.3, -0.25) is 9.59 Å². The van der Waals surface area contributed by atoms with Crippen LogP contribution in [-0.2, 0) is 9.59 Å². The van der Waals surface area contributed by atoms with Crippen LogP contribution in [0.2, 0.25) is 0 Å². The highest BCUT2D eigenvalue weighted by atomic mass is 19.1. The SMILES string of the molecule is CC(C)(CO)NC(=O)C(=O)Nc1ccc(F)cc1F. The summed E-state index contributed by atoms with van der Waals surface area (Å²) in [7, 11) is 0. The molecule has 0 atom stereocenters. The Morgan fingerprint density at radius 3 is 2.42 bits per heavy atom. The first-order valence-corrected chi connectivity index (χ1v) is 5.44. The number of aliphatic hydroxyl groups excluding tert-OH is 1. The Labute approximate surface area is 108 Å². The minimum atomic E-state index is -1.10. The third-order valence-electron chi connectivity index (χ3n) is 2.23. The zero-order valence-corrected chi connectivity index (χ0v) is 10.5. The van der Waals surface area contributed by atoms with E-state index in [1.807, 2.05) is 5.32 Å². The summed E-state index contributed by atoms with van der Waals surface area (Å²) in [6.45, 7) is 2.66. The Kier molecular flexibility index (Phi) is 4.55.